The SMILES string of the molecule is COc1cc(OC)nc(C(=O)Nc2nc(C)c(C(F)(F)F)s2)n1. The lowest BCUT2D eigenvalue weighted by Gasteiger charge is -2.05. The molecule has 23 heavy (non-hydrogen) atoms. The highest BCUT2D eigenvalue weighted by molar-refractivity contribution is 7.16. The number of hydrogen-bond donors (Lipinski definition) is 1. The third-order valence-electron chi connectivity index (χ3n) is 2.58. The number of nitrogens with one attached hydrogen (secondary N) is 1. The molecule has 2 heterocycles. The molecule has 0 aliphatic rings. The van der Waals surface area contributed by atoms with Gasteiger partial charge in [0.1, 0.15) is 4.88 Å². The van der Waals surface area contributed by atoms with Gasteiger partial charge in [-0.25, -0.2) is 4.98 Å². The quantitative estimate of drug-likeness (QED) is 0.914. The van der Waals surface area contributed by atoms with Gasteiger partial charge in [-0.05, 0) is 6.92 Å². The van der Waals surface area contributed by atoms with Crippen molar-refractivity contribution in [3.63, 3.8) is 0 Å². The summed E-state index contributed by atoms with van der Waals surface area (Å²) < 4.78 is 47.9. The lowest BCUT2D eigenvalue weighted by molar-refractivity contribution is -0.134. The average Bonchev–Trinajstić information content (AvgIpc) is 2.87. The first-order valence-corrected chi connectivity index (χ1v) is 6.89. The number of carbonyl (C=O) groups excluding carboxylic acids is 1. The molecule has 0 unspecified atom stereocenters. The highest BCUT2D eigenvalue weighted by Gasteiger charge is 2.36. The zero-order valence-corrected chi connectivity index (χ0v) is 13.0. The van der Waals surface area contributed by atoms with Gasteiger partial charge in [0.05, 0.1) is 26.0 Å². The number of aromatic nitrogens is 3. The second kappa shape index (κ2) is 6.36. The zero-order chi connectivity index (χ0) is 17.2. The fourth-order valence-electron chi connectivity index (χ4n) is 1.58. The van der Waals surface area contributed by atoms with Gasteiger partial charge >= 0.3 is 6.18 Å². The van der Waals surface area contributed by atoms with E-state index >= 15 is 0 Å². The number of rotatable bonds is 4. The highest BCUT2D eigenvalue weighted by Crippen LogP contribution is 2.37. The Morgan fingerprint density at radius 1 is 1.17 bits per heavy atom. The molecular formula is C12H11F3N4O3S. The molecule has 1 amide bonds. The molecule has 0 aliphatic carbocycles. The van der Waals surface area contributed by atoms with Crippen LogP contribution in [0.2, 0.25) is 0 Å². The molecule has 7 nitrogen and oxygen atoms in total. The minimum Gasteiger partial charge on any atom is -0.481 e. The van der Waals surface area contributed by atoms with Crippen molar-refractivity contribution in [2.45, 2.75) is 13.1 Å². The Bertz CT molecular complexity index is 711. The molecule has 124 valence electrons. The van der Waals surface area contributed by atoms with Crippen molar-refractivity contribution in [2.24, 2.45) is 0 Å². The Labute approximate surface area is 132 Å². The molecule has 2 aromatic heterocycles. The fraction of sp³-hybridized carbons (Fsp3) is 0.333. The van der Waals surface area contributed by atoms with E-state index in [1.165, 1.54) is 27.2 Å². The number of alkyl halides is 3. The van der Waals surface area contributed by atoms with Gasteiger partial charge in [0.15, 0.2) is 5.13 Å². The number of ether oxygens (including phenoxy) is 2. The van der Waals surface area contributed by atoms with E-state index in [0.717, 1.165) is 0 Å². The van der Waals surface area contributed by atoms with Gasteiger partial charge in [-0.15, -0.1) is 0 Å². The maximum Gasteiger partial charge on any atom is 0.427 e. The van der Waals surface area contributed by atoms with E-state index in [4.69, 9.17) is 9.47 Å². The number of nitrogens with zero attached hydrogens (tertiary/aromatic N) is 3. The molecular weight excluding hydrogens is 337 g/mol. The van der Waals surface area contributed by atoms with Crippen LogP contribution < -0.4 is 14.8 Å². The number of hydrogen-bond acceptors (Lipinski definition) is 7. The van der Waals surface area contributed by atoms with Crippen LogP contribution in [0.1, 0.15) is 21.2 Å². The maximum absolute atomic E-state index is 12.7. The molecule has 1 N–H and O–H groups in total. The molecule has 0 saturated carbocycles. The Kier molecular flexibility index (Phi) is 4.68. The van der Waals surface area contributed by atoms with Crippen LogP contribution in [0.4, 0.5) is 18.3 Å². The standard InChI is InChI=1S/C12H11F3N4O3S/c1-5-8(12(13,14)15)23-11(16-5)19-10(20)9-17-6(21-2)4-7(18-9)22-3/h4H,1-3H3,(H,16,19,20). The molecule has 11 heteroatoms. The molecule has 0 bridgehead atoms. The van der Waals surface area contributed by atoms with Crippen molar-refractivity contribution < 1.29 is 27.4 Å². The first-order chi connectivity index (χ1) is 10.7. The van der Waals surface area contributed by atoms with Crippen molar-refractivity contribution in [1.82, 2.24) is 15.0 Å². The van der Waals surface area contributed by atoms with Gasteiger partial charge in [0.25, 0.3) is 5.91 Å². The molecule has 0 saturated heterocycles. The van der Waals surface area contributed by atoms with E-state index in [-0.39, 0.29) is 28.4 Å². The zero-order valence-electron chi connectivity index (χ0n) is 12.2. The van der Waals surface area contributed by atoms with E-state index < -0.39 is 17.0 Å². The summed E-state index contributed by atoms with van der Waals surface area (Å²) in [7, 11) is 2.67. The van der Waals surface area contributed by atoms with Crippen molar-refractivity contribution in [3.05, 3.63) is 22.5 Å². The molecule has 0 spiro atoms. The number of methoxy groups -OCH3 is 2. The number of thiazole rings is 1. The topological polar surface area (TPSA) is 86.2 Å². The summed E-state index contributed by atoms with van der Waals surface area (Å²) in [6, 6.07) is 1.35. The summed E-state index contributed by atoms with van der Waals surface area (Å²) >= 11 is 0.323. The van der Waals surface area contributed by atoms with Crippen LogP contribution in [0.5, 0.6) is 11.8 Å². The van der Waals surface area contributed by atoms with Gasteiger partial charge in [-0.3, -0.25) is 10.1 Å². The van der Waals surface area contributed by atoms with E-state index in [1.807, 2.05) is 0 Å². The summed E-state index contributed by atoms with van der Waals surface area (Å²) in [6.07, 6.45) is -4.53. The Balaban J connectivity index is 2.26. The normalized spacial score (nSPS) is 11.2. The predicted molar refractivity (Wildman–Crippen MR) is 74.9 cm³/mol. The summed E-state index contributed by atoms with van der Waals surface area (Å²) in [4.78, 5) is 22.5. The van der Waals surface area contributed by atoms with Crippen LogP contribution >= 0.6 is 11.3 Å². The van der Waals surface area contributed by atoms with Gasteiger partial charge in [0, 0.05) is 0 Å². The van der Waals surface area contributed by atoms with Crippen LogP contribution in [0.15, 0.2) is 6.07 Å². The lowest BCUT2D eigenvalue weighted by Crippen LogP contribution is -2.16. The third kappa shape index (κ3) is 3.86. The maximum atomic E-state index is 12.7. The van der Waals surface area contributed by atoms with E-state index in [9.17, 15) is 18.0 Å². The van der Waals surface area contributed by atoms with Gasteiger partial charge in [-0.1, -0.05) is 11.3 Å². The van der Waals surface area contributed by atoms with Crippen molar-refractivity contribution in [3.8, 4) is 11.8 Å². The molecule has 2 aromatic rings. The van der Waals surface area contributed by atoms with Crippen LogP contribution in [0.25, 0.3) is 0 Å². The van der Waals surface area contributed by atoms with Crippen molar-refractivity contribution in [1.29, 1.82) is 0 Å². The monoisotopic (exact) mass is 348 g/mol. The van der Waals surface area contributed by atoms with Gasteiger partial charge < -0.3 is 9.47 Å². The van der Waals surface area contributed by atoms with Gasteiger partial charge in [-0.2, -0.15) is 23.1 Å². The summed E-state index contributed by atoms with van der Waals surface area (Å²) in [5, 5.41) is 2.02. The van der Waals surface area contributed by atoms with Crippen LogP contribution in [-0.2, 0) is 6.18 Å². The number of anilines is 1. The smallest absolute Gasteiger partial charge is 0.427 e. The average molecular weight is 348 g/mol. The molecule has 2 rings (SSSR count). The minimum atomic E-state index is -4.53. The van der Waals surface area contributed by atoms with E-state index in [1.54, 1.807) is 0 Å². The Hall–Kier alpha value is -2.43. The molecule has 0 aromatic carbocycles. The summed E-state index contributed by atoms with van der Waals surface area (Å²) in [5.74, 6) is -0.992. The number of halogens is 3. The summed E-state index contributed by atoms with van der Waals surface area (Å²) in [5.41, 5.74) is -0.220. The third-order valence-corrected chi connectivity index (χ3v) is 3.69. The van der Waals surface area contributed by atoms with E-state index in [0.29, 0.717) is 11.3 Å². The second-order valence-electron chi connectivity index (χ2n) is 4.16. The second-order valence-corrected chi connectivity index (χ2v) is 5.16. The molecule has 0 fully saturated rings. The van der Waals surface area contributed by atoms with Gasteiger partial charge in [0.2, 0.25) is 17.6 Å². The minimum absolute atomic E-state index is 0.0771. The Morgan fingerprint density at radius 3 is 2.17 bits per heavy atom. The molecule has 0 atom stereocenters. The number of carbonyl (C=O) groups is 1. The van der Waals surface area contributed by atoms with Crippen LogP contribution in [-0.4, -0.2) is 35.1 Å². The lowest BCUT2D eigenvalue weighted by atomic mass is 10.4. The van der Waals surface area contributed by atoms with Crippen LogP contribution in [0, 0.1) is 6.92 Å². The first kappa shape index (κ1) is 16.9. The Morgan fingerprint density at radius 2 is 1.74 bits per heavy atom. The highest BCUT2D eigenvalue weighted by atomic mass is 32.1. The van der Waals surface area contributed by atoms with Crippen molar-refractivity contribution >= 4 is 22.4 Å². The summed E-state index contributed by atoms with van der Waals surface area (Å²) in [6.45, 7) is 1.21. The molecule has 0 radical (unpaired) electrons. The fourth-order valence-corrected chi connectivity index (χ4v) is 2.41. The number of aryl methyl sites for hydroxylation is 1. The first-order valence-electron chi connectivity index (χ1n) is 6.07. The number of amides is 1. The van der Waals surface area contributed by atoms with Crippen LogP contribution in [0.3, 0.4) is 0 Å². The van der Waals surface area contributed by atoms with Crippen molar-refractivity contribution in [2.75, 3.05) is 19.5 Å². The van der Waals surface area contributed by atoms with E-state index in [2.05, 4.69) is 20.3 Å². The largest absolute Gasteiger partial charge is 0.481 e. The molecule has 0 aliphatic heterocycles. The predicted octanol–water partition coefficient (Wildman–Crippen LogP) is 2.53.